The van der Waals surface area contributed by atoms with Crippen molar-refractivity contribution < 1.29 is 13.5 Å². The van der Waals surface area contributed by atoms with E-state index in [1.54, 1.807) is 36.4 Å². The predicted octanol–water partition coefficient (Wildman–Crippen LogP) is 2.55. The average Bonchev–Trinajstić information content (AvgIpc) is 2.37. The van der Waals surface area contributed by atoms with E-state index >= 15 is 0 Å². The average molecular weight is 275 g/mol. The van der Waals surface area contributed by atoms with Gasteiger partial charge in [-0.25, -0.2) is 8.42 Å². The van der Waals surface area contributed by atoms with E-state index in [1.807, 2.05) is 0 Å². The summed E-state index contributed by atoms with van der Waals surface area (Å²) in [5.74, 6) is 0.152. The van der Waals surface area contributed by atoms with Crippen LogP contribution in [0.2, 0.25) is 0 Å². The fourth-order valence-corrected chi connectivity index (χ4v) is 2.15. The third-order valence-electron chi connectivity index (χ3n) is 2.55. The maximum atomic E-state index is 11.3. The van der Waals surface area contributed by atoms with Crippen molar-refractivity contribution in [2.45, 2.75) is 4.90 Å². The lowest BCUT2D eigenvalue weighted by Crippen LogP contribution is -1.95. The summed E-state index contributed by atoms with van der Waals surface area (Å²) in [5.41, 5.74) is 1.23. The van der Waals surface area contributed by atoms with Gasteiger partial charge in [-0.15, -0.1) is 0 Å². The summed E-state index contributed by atoms with van der Waals surface area (Å²) in [7, 11) is -3.19. The van der Waals surface area contributed by atoms with Gasteiger partial charge in [0.05, 0.1) is 10.6 Å². The Kier molecular flexibility index (Phi) is 3.66. The van der Waals surface area contributed by atoms with Crippen molar-refractivity contribution in [1.82, 2.24) is 0 Å². The second kappa shape index (κ2) is 5.24. The van der Waals surface area contributed by atoms with Crippen LogP contribution < -0.4 is 0 Å². The molecule has 1 N–H and O–H groups in total. The summed E-state index contributed by atoms with van der Waals surface area (Å²) < 4.78 is 22.6. The molecule has 0 fully saturated rings. The summed E-state index contributed by atoms with van der Waals surface area (Å²) in [6, 6.07) is 13.1. The predicted molar refractivity (Wildman–Crippen MR) is 74.9 cm³/mol. The van der Waals surface area contributed by atoms with Crippen LogP contribution in [-0.2, 0) is 9.84 Å². The summed E-state index contributed by atoms with van der Waals surface area (Å²) in [5, 5.41) is 9.57. The van der Waals surface area contributed by atoms with Gasteiger partial charge in [-0.2, -0.15) is 0 Å². The summed E-state index contributed by atoms with van der Waals surface area (Å²) in [4.78, 5) is 4.44. The minimum absolute atomic E-state index is 0.152. The molecule has 0 amide bonds. The zero-order valence-corrected chi connectivity index (χ0v) is 11.1. The Morgan fingerprint density at radius 3 is 2.26 bits per heavy atom. The van der Waals surface area contributed by atoms with Gasteiger partial charge in [-0.3, -0.25) is 4.99 Å². The molecule has 0 aliphatic heterocycles. The van der Waals surface area contributed by atoms with Gasteiger partial charge in [0.25, 0.3) is 0 Å². The van der Waals surface area contributed by atoms with Gasteiger partial charge in [-0.1, -0.05) is 12.1 Å². The van der Waals surface area contributed by atoms with Crippen LogP contribution in [0.3, 0.4) is 0 Å². The molecule has 0 heterocycles. The maximum absolute atomic E-state index is 11.3. The quantitative estimate of drug-likeness (QED) is 0.875. The number of benzene rings is 2. The van der Waals surface area contributed by atoms with E-state index in [2.05, 4.69) is 4.99 Å². The third-order valence-corrected chi connectivity index (χ3v) is 3.68. The molecular weight excluding hydrogens is 262 g/mol. The van der Waals surface area contributed by atoms with Crippen LogP contribution in [0, 0.1) is 0 Å². The Bertz CT molecular complexity index is 704. The molecule has 0 unspecified atom stereocenters. The minimum atomic E-state index is -3.19. The van der Waals surface area contributed by atoms with E-state index in [4.69, 9.17) is 0 Å². The maximum Gasteiger partial charge on any atom is 0.175 e. The molecule has 0 spiro atoms. The van der Waals surface area contributed by atoms with Crippen molar-refractivity contribution in [2.75, 3.05) is 6.26 Å². The van der Waals surface area contributed by atoms with Gasteiger partial charge in [-0.05, 0) is 36.4 Å². The van der Waals surface area contributed by atoms with Gasteiger partial charge in [0.1, 0.15) is 5.75 Å². The molecule has 0 radical (unpaired) electrons. The molecule has 0 aromatic heterocycles. The SMILES string of the molecule is CS(=O)(=O)c1ccc(/N=C/c2ccccc2O)cc1. The standard InChI is InChI=1S/C14H13NO3S/c1-19(17,18)13-8-6-12(7-9-13)15-10-11-4-2-3-5-14(11)16/h2-10,16H,1H3/b15-10+. The monoisotopic (exact) mass is 275 g/mol. The summed E-state index contributed by atoms with van der Waals surface area (Å²) in [6.07, 6.45) is 2.69. The van der Waals surface area contributed by atoms with Gasteiger partial charge < -0.3 is 5.11 Å². The van der Waals surface area contributed by atoms with Crippen LogP contribution in [-0.4, -0.2) is 26.0 Å². The molecule has 4 nitrogen and oxygen atoms in total. The fraction of sp³-hybridized carbons (Fsp3) is 0.0714. The molecule has 2 rings (SSSR count). The molecule has 0 aliphatic carbocycles. The van der Waals surface area contributed by atoms with Crippen molar-refractivity contribution in [3.05, 3.63) is 54.1 Å². The molecule has 0 atom stereocenters. The molecule has 5 heteroatoms. The Balaban J connectivity index is 2.23. The van der Waals surface area contributed by atoms with Crippen molar-refractivity contribution in [2.24, 2.45) is 4.99 Å². The molecule has 2 aromatic rings. The molecule has 19 heavy (non-hydrogen) atoms. The highest BCUT2D eigenvalue weighted by atomic mass is 32.2. The number of aromatic hydroxyl groups is 1. The third kappa shape index (κ3) is 3.42. The Morgan fingerprint density at radius 1 is 1.05 bits per heavy atom. The largest absolute Gasteiger partial charge is 0.507 e. The Hall–Kier alpha value is -2.14. The number of aliphatic imine (C=N–C) groups is 1. The van der Waals surface area contributed by atoms with Crippen LogP contribution in [0.15, 0.2) is 58.4 Å². The Labute approximate surface area is 112 Å². The fourth-order valence-electron chi connectivity index (χ4n) is 1.52. The highest BCUT2D eigenvalue weighted by Crippen LogP contribution is 2.18. The molecule has 0 saturated heterocycles. The van der Waals surface area contributed by atoms with E-state index in [0.29, 0.717) is 11.3 Å². The normalized spacial score (nSPS) is 11.8. The number of phenolic OH excluding ortho intramolecular Hbond substituents is 1. The first kappa shape index (κ1) is 13.3. The minimum Gasteiger partial charge on any atom is -0.507 e. The first-order valence-electron chi connectivity index (χ1n) is 5.59. The molecule has 2 aromatic carbocycles. The van der Waals surface area contributed by atoms with Crippen LogP contribution in [0.1, 0.15) is 5.56 Å². The second-order valence-electron chi connectivity index (χ2n) is 4.08. The number of rotatable bonds is 3. The molecular formula is C14H13NO3S. The second-order valence-corrected chi connectivity index (χ2v) is 6.10. The highest BCUT2D eigenvalue weighted by Gasteiger charge is 2.05. The molecule has 0 saturated carbocycles. The van der Waals surface area contributed by atoms with Crippen molar-refractivity contribution >= 4 is 21.7 Å². The first-order valence-corrected chi connectivity index (χ1v) is 7.48. The van der Waals surface area contributed by atoms with E-state index in [-0.39, 0.29) is 10.6 Å². The Morgan fingerprint density at radius 2 is 1.68 bits per heavy atom. The highest BCUT2D eigenvalue weighted by molar-refractivity contribution is 7.90. The van der Waals surface area contributed by atoms with Gasteiger partial charge in [0.2, 0.25) is 0 Å². The van der Waals surface area contributed by atoms with Crippen molar-refractivity contribution in [3.8, 4) is 5.75 Å². The van der Waals surface area contributed by atoms with Crippen LogP contribution in [0.4, 0.5) is 5.69 Å². The number of phenols is 1. The zero-order valence-electron chi connectivity index (χ0n) is 10.3. The van der Waals surface area contributed by atoms with Gasteiger partial charge in [0, 0.05) is 18.0 Å². The number of hydrogen-bond acceptors (Lipinski definition) is 4. The van der Waals surface area contributed by atoms with E-state index in [1.165, 1.54) is 18.3 Å². The number of sulfone groups is 1. The van der Waals surface area contributed by atoms with E-state index < -0.39 is 9.84 Å². The lowest BCUT2D eigenvalue weighted by atomic mass is 10.2. The lowest BCUT2D eigenvalue weighted by Gasteiger charge is -1.99. The molecule has 98 valence electrons. The number of hydrogen-bond donors (Lipinski definition) is 1. The lowest BCUT2D eigenvalue weighted by molar-refractivity contribution is 0.474. The van der Waals surface area contributed by atoms with E-state index in [0.717, 1.165) is 6.26 Å². The summed E-state index contributed by atoms with van der Waals surface area (Å²) in [6.45, 7) is 0. The molecule has 0 aliphatic rings. The molecule has 0 bridgehead atoms. The van der Waals surface area contributed by atoms with E-state index in [9.17, 15) is 13.5 Å². The smallest absolute Gasteiger partial charge is 0.175 e. The number of nitrogens with zero attached hydrogens (tertiary/aromatic N) is 1. The number of para-hydroxylation sites is 1. The van der Waals surface area contributed by atoms with Gasteiger partial charge >= 0.3 is 0 Å². The van der Waals surface area contributed by atoms with Crippen molar-refractivity contribution in [3.63, 3.8) is 0 Å². The van der Waals surface area contributed by atoms with Crippen molar-refractivity contribution in [1.29, 1.82) is 0 Å². The topological polar surface area (TPSA) is 66.7 Å². The summed E-state index contributed by atoms with van der Waals surface area (Å²) >= 11 is 0. The van der Waals surface area contributed by atoms with Crippen LogP contribution in [0.5, 0.6) is 5.75 Å². The van der Waals surface area contributed by atoms with Gasteiger partial charge in [0.15, 0.2) is 9.84 Å². The first-order chi connectivity index (χ1) is 8.97. The van der Waals surface area contributed by atoms with Crippen LogP contribution >= 0.6 is 0 Å². The zero-order chi connectivity index (χ0) is 13.9. The van der Waals surface area contributed by atoms with Crippen LogP contribution in [0.25, 0.3) is 0 Å².